The summed E-state index contributed by atoms with van der Waals surface area (Å²) in [7, 11) is 0. The van der Waals surface area contributed by atoms with Crippen LogP contribution in [0.15, 0.2) is 28.8 Å². The second kappa shape index (κ2) is 10.4. The van der Waals surface area contributed by atoms with Gasteiger partial charge in [0.25, 0.3) is 5.91 Å². The van der Waals surface area contributed by atoms with Gasteiger partial charge in [0.05, 0.1) is 11.4 Å². The van der Waals surface area contributed by atoms with E-state index in [2.05, 4.69) is 26.0 Å². The van der Waals surface area contributed by atoms with Crippen LogP contribution in [0.5, 0.6) is 0 Å². The summed E-state index contributed by atoms with van der Waals surface area (Å²) in [4.78, 5) is 24.4. The minimum absolute atomic E-state index is 0.0474. The van der Waals surface area contributed by atoms with Crippen LogP contribution in [0.1, 0.15) is 37.4 Å². The minimum Gasteiger partial charge on any atom is -0.361 e. The molecule has 1 aromatic carbocycles. The van der Waals surface area contributed by atoms with Crippen molar-refractivity contribution in [3.05, 3.63) is 56.9 Å². The highest BCUT2D eigenvalue weighted by Gasteiger charge is 2.14. The van der Waals surface area contributed by atoms with Crippen molar-refractivity contribution in [2.45, 2.75) is 32.9 Å². The minimum atomic E-state index is -0.282. The zero-order valence-corrected chi connectivity index (χ0v) is 18.7. The number of hydrogen-bond acceptors (Lipinski definition) is 8. The fourth-order valence-electron chi connectivity index (χ4n) is 2.76. The Balaban J connectivity index is 1.39. The molecule has 0 saturated heterocycles. The lowest BCUT2D eigenvalue weighted by atomic mass is 10.1. The number of carbonyl (C=O) groups excluding carboxylic acids is 2. The normalized spacial score (nSPS) is 10.8. The lowest BCUT2D eigenvalue weighted by molar-refractivity contribution is -0.118. The molecule has 0 spiro atoms. The average molecular weight is 446 g/mol. The molecule has 0 unspecified atom stereocenters. The summed E-state index contributed by atoms with van der Waals surface area (Å²) in [5, 5.41) is 18.7. The molecule has 0 aliphatic rings. The predicted octanol–water partition coefficient (Wildman–Crippen LogP) is 3.30. The smallest absolute Gasteiger partial charge is 0.286 e. The van der Waals surface area contributed by atoms with Crippen molar-refractivity contribution in [2.75, 3.05) is 17.6 Å². The lowest BCUT2D eigenvalue weighted by Gasteiger charge is -2.05. The summed E-state index contributed by atoms with van der Waals surface area (Å²) in [5.41, 5.74) is 3.62. The van der Waals surface area contributed by atoms with Crippen molar-refractivity contribution in [1.29, 1.82) is 0 Å². The predicted molar refractivity (Wildman–Crippen MR) is 118 cm³/mol. The number of aromatic nitrogens is 3. The van der Waals surface area contributed by atoms with E-state index in [9.17, 15) is 9.59 Å². The highest BCUT2D eigenvalue weighted by molar-refractivity contribution is 7.99. The summed E-state index contributed by atoms with van der Waals surface area (Å²) >= 11 is 2.67. The third-order valence-corrected chi connectivity index (χ3v) is 6.44. The molecule has 2 amide bonds. The third kappa shape index (κ3) is 5.90. The lowest BCUT2D eigenvalue weighted by Crippen LogP contribution is -2.27. The molecule has 0 fully saturated rings. The number of anilines is 1. The van der Waals surface area contributed by atoms with Crippen molar-refractivity contribution >= 4 is 40.6 Å². The van der Waals surface area contributed by atoms with Gasteiger partial charge in [0.2, 0.25) is 10.9 Å². The molecule has 10 heteroatoms. The molecular weight excluding hydrogens is 422 g/mol. The molecular formula is C20H23N5O3S2. The van der Waals surface area contributed by atoms with Crippen LogP contribution in [0.25, 0.3) is 0 Å². The first kappa shape index (κ1) is 22.0. The van der Waals surface area contributed by atoms with Gasteiger partial charge in [-0.05, 0) is 38.8 Å². The Bertz CT molecular complexity index is 1010. The molecule has 0 bridgehead atoms. The van der Waals surface area contributed by atoms with E-state index in [4.69, 9.17) is 4.52 Å². The van der Waals surface area contributed by atoms with Crippen LogP contribution < -0.4 is 10.6 Å². The highest BCUT2D eigenvalue weighted by Crippen LogP contribution is 2.19. The van der Waals surface area contributed by atoms with E-state index in [-0.39, 0.29) is 11.8 Å². The number of nitrogens with one attached hydrogen (secondary N) is 2. The molecule has 3 aromatic rings. The van der Waals surface area contributed by atoms with Crippen LogP contribution in [0.2, 0.25) is 0 Å². The van der Waals surface area contributed by atoms with Crippen LogP contribution in [0.4, 0.5) is 5.69 Å². The van der Waals surface area contributed by atoms with Gasteiger partial charge in [-0.1, -0.05) is 34.7 Å². The Morgan fingerprint density at radius 2 is 1.97 bits per heavy atom. The molecule has 0 radical (unpaired) electrons. The molecule has 2 heterocycles. The Hall–Kier alpha value is -2.72. The van der Waals surface area contributed by atoms with Gasteiger partial charge in [0, 0.05) is 23.5 Å². The largest absolute Gasteiger partial charge is 0.361 e. The Morgan fingerprint density at radius 3 is 2.70 bits per heavy atom. The topological polar surface area (TPSA) is 110 Å². The molecule has 0 atom stereocenters. The quantitative estimate of drug-likeness (QED) is 0.520. The zero-order chi connectivity index (χ0) is 21.5. The maximum Gasteiger partial charge on any atom is 0.286 e. The SMILES string of the molecule is Cc1ccccc1NC(=O)c1nnc(CSCC(=O)NCCc2c(C)noc2C)s1. The number of rotatable bonds is 9. The number of benzene rings is 1. The number of amides is 2. The summed E-state index contributed by atoms with van der Waals surface area (Å²) < 4.78 is 5.12. The molecule has 2 aromatic heterocycles. The molecule has 0 aliphatic carbocycles. The molecule has 8 nitrogen and oxygen atoms in total. The standard InChI is InChI=1S/C20H23N5O3S2/c1-12-6-4-5-7-16(12)22-19(27)20-24-23-18(30-20)11-29-10-17(26)21-9-8-15-13(2)25-28-14(15)3/h4-7H,8-11H2,1-3H3,(H,21,26)(H,22,27). The van der Waals surface area contributed by atoms with Gasteiger partial charge in [-0.3, -0.25) is 9.59 Å². The number of para-hydroxylation sites is 1. The maximum absolute atomic E-state index is 12.3. The van der Waals surface area contributed by atoms with E-state index in [1.165, 1.54) is 23.1 Å². The van der Waals surface area contributed by atoms with Gasteiger partial charge in [0.15, 0.2) is 0 Å². The van der Waals surface area contributed by atoms with Gasteiger partial charge in [0.1, 0.15) is 10.8 Å². The number of nitrogens with zero attached hydrogens (tertiary/aromatic N) is 3. The molecule has 158 valence electrons. The van der Waals surface area contributed by atoms with Gasteiger partial charge >= 0.3 is 0 Å². The average Bonchev–Trinajstić information content (AvgIpc) is 3.31. The van der Waals surface area contributed by atoms with Crippen molar-refractivity contribution in [1.82, 2.24) is 20.7 Å². The Morgan fingerprint density at radius 1 is 1.17 bits per heavy atom. The fourth-order valence-corrected chi connectivity index (χ4v) is 4.40. The summed E-state index contributed by atoms with van der Waals surface area (Å²) in [5.74, 6) is 1.29. The monoisotopic (exact) mass is 445 g/mol. The van der Waals surface area contributed by atoms with Gasteiger partial charge < -0.3 is 15.2 Å². The zero-order valence-electron chi connectivity index (χ0n) is 17.0. The third-order valence-electron chi connectivity index (χ3n) is 4.39. The van der Waals surface area contributed by atoms with Crippen LogP contribution in [-0.4, -0.2) is 39.5 Å². The van der Waals surface area contributed by atoms with E-state index >= 15 is 0 Å². The molecule has 0 aliphatic heterocycles. The number of aryl methyl sites for hydroxylation is 3. The number of carbonyl (C=O) groups is 2. The second-order valence-corrected chi connectivity index (χ2v) is 8.71. The van der Waals surface area contributed by atoms with Gasteiger partial charge in [-0.15, -0.1) is 22.0 Å². The summed E-state index contributed by atoms with van der Waals surface area (Å²) in [6.07, 6.45) is 0.688. The van der Waals surface area contributed by atoms with Crippen LogP contribution in [0, 0.1) is 20.8 Å². The van der Waals surface area contributed by atoms with Crippen molar-refractivity contribution < 1.29 is 14.1 Å². The van der Waals surface area contributed by atoms with E-state index in [0.717, 1.165) is 28.3 Å². The van der Waals surface area contributed by atoms with Crippen molar-refractivity contribution in [2.24, 2.45) is 0 Å². The van der Waals surface area contributed by atoms with Crippen LogP contribution in [0.3, 0.4) is 0 Å². The van der Waals surface area contributed by atoms with E-state index in [0.29, 0.717) is 34.5 Å². The second-order valence-electron chi connectivity index (χ2n) is 6.67. The van der Waals surface area contributed by atoms with E-state index < -0.39 is 0 Å². The Kier molecular flexibility index (Phi) is 7.58. The highest BCUT2D eigenvalue weighted by atomic mass is 32.2. The van der Waals surface area contributed by atoms with Crippen LogP contribution >= 0.6 is 23.1 Å². The first-order valence-electron chi connectivity index (χ1n) is 9.39. The first-order chi connectivity index (χ1) is 14.4. The first-order valence-corrected chi connectivity index (χ1v) is 11.4. The van der Waals surface area contributed by atoms with Crippen LogP contribution in [-0.2, 0) is 17.0 Å². The molecule has 0 saturated carbocycles. The van der Waals surface area contributed by atoms with Crippen molar-refractivity contribution in [3.63, 3.8) is 0 Å². The van der Waals surface area contributed by atoms with Gasteiger partial charge in [-0.25, -0.2) is 0 Å². The maximum atomic E-state index is 12.3. The number of thioether (sulfide) groups is 1. The molecule has 30 heavy (non-hydrogen) atoms. The summed E-state index contributed by atoms with van der Waals surface area (Å²) in [6, 6.07) is 7.55. The van der Waals surface area contributed by atoms with E-state index in [1.807, 2.05) is 45.0 Å². The Labute approximate surface area is 182 Å². The fraction of sp³-hybridized carbons (Fsp3) is 0.350. The van der Waals surface area contributed by atoms with Gasteiger partial charge in [-0.2, -0.15) is 0 Å². The van der Waals surface area contributed by atoms with E-state index in [1.54, 1.807) is 0 Å². The number of hydrogen-bond donors (Lipinski definition) is 2. The van der Waals surface area contributed by atoms with Crippen molar-refractivity contribution in [3.8, 4) is 0 Å². The summed E-state index contributed by atoms with van der Waals surface area (Å²) in [6.45, 7) is 6.22. The molecule has 3 rings (SSSR count). The molecule has 2 N–H and O–H groups in total.